The van der Waals surface area contributed by atoms with Gasteiger partial charge in [-0.1, -0.05) is 27.2 Å². The van der Waals surface area contributed by atoms with Crippen molar-refractivity contribution in [2.24, 2.45) is 17.8 Å². The van der Waals surface area contributed by atoms with Gasteiger partial charge in [0, 0.05) is 6.54 Å². The van der Waals surface area contributed by atoms with E-state index in [9.17, 15) is 13.2 Å². The first-order valence-corrected chi connectivity index (χ1v) is 9.58. The Hall–Kier alpha value is -0.620. The van der Waals surface area contributed by atoms with Crippen LogP contribution >= 0.6 is 0 Å². The summed E-state index contributed by atoms with van der Waals surface area (Å²) < 4.78 is 30.4. The fourth-order valence-corrected chi connectivity index (χ4v) is 4.93. The van der Waals surface area contributed by atoms with E-state index in [1.54, 1.807) is 0 Å². The Labute approximate surface area is 128 Å². The van der Waals surface area contributed by atoms with Crippen LogP contribution in [-0.2, 0) is 19.6 Å². The lowest BCUT2D eigenvalue weighted by Crippen LogP contribution is -2.39. The molecule has 1 saturated heterocycles. The van der Waals surface area contributed by atoms with E-state index >= 15 is 0 Å². The number of sulfonamides is 1. The Bertz CT molecular complexity index is 474. The molecule has 0 bridgehead atoms. The molecule has 1 saturated carbocycles. The van der Waals surface area contributed by atoms with E-state index in [2.05, 4.69) is 20.8 Å². The van der Waals surface area contributed by atoms with Gasteiger partial charge in [-0.3, -0.25) is 4.79 Å². The molecule has 1 aliphatic carbocycles. The standard InChI is InChI=1S/C15H27NO4S/c1-11(2)13-6-5-12(3)9-14(13)20-15(17)10-16-7-4-8-21(16,18)19/h11-14H,4-10H2,1-3H3/t12-,13+,14+/m1/s1. The summed E-state index contributed by atoms with van der Waals surface area (Å²) in [6, 6.07) is 0. The zero-order chi connectivity index (χ0) is 15.6. The molecule has 0 unspecified atom stereocenters. The third-order valence-electron chi connectivity index (χ3n) is 4.75. The number of ether oxygens (including phenoxy) is 1. The van der Waals surface area contributed by atoms with Crippen molar-refractivity contribution < 1.29 is 17.9 Å². The van der Waals surface area contributed by atoms with Crippen LogP contribution in [0, 0.1) is 17.8 Å². The molecule has 3 atom stereocenters. The summed E-state index contributed by atoms with van der Waals surface area (Å²) in [6.07, 6.45) is 3.69. The molecule has 2 rings (SSSR count). The third kappa shape index (κ3) is 4.19. The first-order chi connectivity index (χ1) is 9.79. The van der Waals surface area contributed by atoms with E-state index in [0.29, 0.717) is 30.7 Å². The average Bonchev–Trinajstić information content (AvgIpc) is 2.68. The zero-order valence-electron chi connectivity index (χ0n) is 13.2. The summed E-state index contributed by atoms with van der Waals surface area (Å²) in [5.41, 5.74) is 0. The average molecular weight is 317 g/mol. The predicted molar refractivity (Wildman–Crippen MR) is 81.2 cm³/mol. The molecule has 0 aromatic rings. The molecule has 0 radical (unpaired) electrons. The monoisotopic (exact) mass is 317 g/mol. The normalized spacial score (nSPS) is 33.2. The molecule has 0 aromatic carbocycles. The van der Waals surface area contributed by atoms with E-state index < -0.39 is 16.0 Å². The second-order valence-corrected chi connectivity index (χ2v) is 8.95. The fraction of sp³-hybridized carbons (Fsp3) is 0.933. The second-order valence-electron chi connectivity index (χ2n) is 6.86. The molecule has 122 valence electrons. The SMILES string of the molecule is CC(C)[C@@H]1CC[C@@H](C)C[C@@H]1OC(=O)CN1CCCS1(=O)=O. The second kappa shape index (κ2) is 6.65. The van der Waals surface area contributed by atoms with Gasteiger partial charge in [0.15, 0.2) is 0 Å². The Morgan fingerprint density at radius 2 is 2.05 bits per heavy atom. The molecular weight excluding hydrogens is 290 g/mol. The molecule has 6 heteroatoms. The van der Waals surface area contributed by atoms with Crippen molar-refractivity contribution in [3.8, 4) is 0 Å². The minimum atomic E-state index is -3.23. The van der Waals surface area contributed by atoms with Crippen LogP contribution in [0.5, 0.6) is 0 Å². The van der Waals surface area contributed by atoms with E-state index in [4.69, 9.17) is 4.74 Å². The van der Waals surface area contributed by atoms with Gasteiger partial charge in [0.05, 0.1) is 5.75 Å². The number of hydrogen-bond donors (Lipinski definition) is 0. The quantitative estimate of drug-likeness (QED) is 0.744. The number of esters is 1. The Morgan fingerprint density at radius 1 is 1.33 bits per heavy atom. The Morgan fingerprint density at radius 3 is 2.62 bits per heavy atom. The van der Waals surface area contributed by atoms with Crippen LogP contribution < -0.4 is 0 Å². The molecule has 0 amide bonds. The van der Waals surface area contributed by atoms with Crippen molar-refractivity contribution in [1.29, 1.82) is 0 Å². The highest BCUT2D eigenvalue weighted by Crippen LogP contribution is 2.35. The molecule has 5 nitrogen and oxygen atoms in total. The maximum atomic E-state index is 12.1. The molecule has 0 aromatic heterocycles. The minimum Gasteiger partial charge on any atom is -0.461 e. The molecule has 21 heavy (non-hydrogen) atoms. The van der Waals surface area contributed by atoms with Gasteiger partial charge in [0.1, 0.15) is 12.6 Å². The molecule has 0 spiro atoms. The van der Waals surface area contributed by atoms with Crippen molar-refractivity contribution in [3.05, 3.63) is 0 Å². The Balaban J connectivity index is 1.94. The Kier molecular flexibility index (Phi) is 5.30. The molecular formula is C15H27NO4S. The molecule has 1 aliphatic heterocycles. The van der Waals surface area contributed by atoms with Crippen LogP contribution in [-0.4, -0.2) is 43.6 Å². The predicted octanol–water partition coefficient (Wildman–Crippen LogP) is 2.03. The van der Waals surface area contributed by atoms with Gasteiger partial charge >= 0.3 is 5.97 Å². The summed E-state index contributed by atoms with van der Waals surface area (Å²) in [5.74, 6) is 1.18. The number of nitrogens with zero attached hydrogens (tertiary/aromatic N) is 1. The van der Waals surface area contributed by atoms with E-state index in [1.165, 1.54) is 10.7 Å². The first kappa shape index (κ1) is 16.7. The largest absolute Gasteiger partial charge is 0.461 e. The summed E-state index contributed by atoms with van der Waals surface area (Å²) in [5, 5.41) is 0. The van der Waals surface area contributed by atoms with Crippen LogP contribution in [0.15, 0.2) is 0 Å². The van der Waals surface area contributed by atoms with Crippen molar-refractivity contribution in [2.75, 3.05) is 18.8 Å². The molecule has 2 fully saturated rings. The third-order valence-corrected chi connectivity index (χ3v) is 6.66. The highest BCUT2D eigenvalue weighted by molar-refractivity contribution is 7.89. The van der Waals surface area contributed by atoms with E-state index in [0.717, 1.165) is 12.8 Å². The smallest absolute Gasteiger partial charge is 0.321 e. The zero-order valence-corrected chi connectivity index (χ0v) is 14.1. The minimum absolute atomic E-state index is 0.0634. The summed E-state index contributed by atoms with van der Waals surface area (Å²) in [4.78, 5) is 12.1. The van der Waals surface area contributed by atoms with Gasteiger partial charge in [-0.2, -0.15) is 4.31 Å². The van der Waals surface area contributed by atoms with Crippen LogP contribution in [0.25, 0.3) is 0 Å². The maximum absolute atomic E-state index is 12.1. The lowest BCUT2D eigenvalue weighted by atomic mass is 9.75. The van der Waals surface area contributed by atoms with Crippen molar-refractivity contribution in [1.82, 2.24) is 4.31 Å². The van der Waals surface area contributed by atoms with Gasteiger partial charge < -0.3 is 4.74 Å². The fourth-order valence-electron chi connectivity index (χ4n) is 3.47. The molecule has 2 aliphatic rings. The van der Waals surface area contributed by atoms with Crippen LogP contribution in [0.2, 0.25) is 0 Å². The maximum Gasteiger partial charge on any atom is 0.321 e. The van der Waals surface area contributed by atoms with Gasteiger partial charge in [0.25, 0.3) is 0 Å². The van der Waals surface area contributed by atoms with Gasteiger partial charge in [-0.05, 0) is 37.0 Å². The molecule has 0 N–H and O–H groups in total. The van der Waals surface area contributed by atoms with E-state index in [1.807, 2.05) is 0 Å². The van der Waals surface area contributed by atoms with Gasteiger partial charge in [-0.25, -0.2) is 8.42 Å². The van der Waals surface area contributed by atoms with Gasteiger partial charge in [-0.15, -0.1) is 0 Å². The van der Waals surface area contributed by atoms with Gasteiger partial charge in [0.2, 0.25) is 10.0 Å². The number of rotatable bonds is 4. The van der Waals surface area contributed by atoms with E-state index in [-0.39, 0.29) is 18.4 Å². The lowest BCUT2D eigenvalue weighted by Gasteiger charge is -2.36. The lowest BCUT2D eigenvalue weighted by molar-refractivity contribution is -0.156. The highest BCUT2D eigenvalue weighted by atomic mass is 32.2. The van der Waals surface area contributed by atoms with Crippen LogP contribution in [0.4, 0.5) is 0 Å². The highest BCUT2D eigenvalue weighted by Gasteiger charge is 2.35. The van der Waals surface area contributed by atoms with Crippen molar-refractivity contribution in [3.63, 3.8) is 0 Å². The summed E-state index contributed by atoms with van der Waals surface area (Å²) in [7, 11) is -3.23. The summed E-state index contributed by atoms with van der Waals surface area (Å²) in [6.45, 7) is 6.81. The number of carbonyl (C=O) groups is 1. The van der Waals surface area contributed by atoms with Crippen molar-refractivity contribution in [2.45, 2.75) is 52.6 Å². The number of carbonyl (C=O) groups excluding carboxylic acids is 1. The van der Waals surface area contributed by atoms with Crippen LogP contribution in [0.1, 0.15) is 46.5 Å². The first-order valence-electron chi connectivity index (χ1n) is 7.97. The topological polar surface area (TPSA) is 63.7 Å². The molecule has 1 heterocycles. The summed E-state index contributed by atoms with van der Waals surface area (Å²) >= 11 is 0. The van der Waals surface area contributed by atoms with Crippen LogP contribution in [0.3, 0.4) is 0 Å². The van der Waals surface area contributed by atoms with Crippen molar-refractivity contribution >= 4 is 16.0 Å². The number of hydrogen-bond acceptors (Lipinski definition) is 4.